The largest absolute Gasteiger partial charge is 0.508 e. The van der Waals surface area contributed by atoms with Gasteiger partial charge in [-0.3, -0.25) is 0 Å². The highest BCUT2D eigenvalue weighted by Crippen LogP contribution is 2.43. The quantitative estimate of drug-likeness (QED) is 0.435. The third-order valence-corrected chi connectivity index (χ3v) is 5.38. The average Bonchev–Trinajstić information content (AvgIpc) is 2.67. The van der Waals surface area contributed by atoms with Crippen LogP contribution in [-0.2, 0) is 12.8 Å². The summed E-state index contributed by atoms with van der Waals surface area (Å²) >= 11 is 0. The molecule has 2 aromatic carbocycles. The molecule has 7 heteroatoms. The van der Waals surface area contributed by atoms with Gasteiger partial charge in [-0.25, -0.2) is 4.98 Å². The van der Waals surface area contributed by atoms with Gasteiger partial charge in [-0.2, -0.15) is 13.2 Å². The van der Waals surface area contributed by atoms with Crippen molar-refractivity contribution in [3.63, 3.8) is 0 Å². The van der Waals surface area contributed by atoms with Crippen molar-refractivity contribution >= 4 is 22.8 Å². The summed E-state index contributed by atoms with van der Waals surface area (Å²) in [5.74, 6) is -1.36. The number of rotatable bonds is 2. The molecule has 1 atom stereocenters. The van der Waals surface area contributed by atoms with Crippen molar-refractivity contribution in [2.45, 2.75) is 25.4 Å². The molecule has 144 valence electrons. The van der Waals surface area contributed by atoms with Crippen molar-refractivity contribution in [1.82, 2.24) is 4.98 Å². The van der Waals surface area contributed by atoms with E-state index in [2.05, 4.69) is 4.98 Å². The van der Waals surface area contributed by atoms with Crippen LogP contribution in [0.4, 0.5) is 18.9 Å². The van der Waals surface area contributed by atoms with Gasteiger partial charge in [0.15, 0.2) is 0 Å². The molecule has 4 nitrogen and oxygen atoms in total. The zero-order valence-corrected chi connectivity index (χ0v) is 14.8. The fraction of sp³-hybridized carbons (Fsp3) is 0.238. The third-order valence-electron chi connectivity index (χ3n) is 5.38. The third kappa shape index (κ3) is 2.96. The number of fused-ring (bicyclic) bond motifs is 3. The van der Waals surface area contributed by atoms with Crippen molar-refractivity contribution in [3.05, 3.63) is 53.1 Å². The molecule has 3 aromatic rings. The Morgan fingerprint density at radius 2 is 1.82 bits per heavy atom. The van der Waals surface area contributed by atoms with Crippen molar-refractivity contribution < 1.29 is 18.3 Å². The molecule has 1 aromatic heterocycles. The molecular weight excluding hydrogens is 367 g/mol. The molecule has 0 amide bonds. The van der Waals surface area contributed by atoms with Crippen LogP contribution in [0.25, 0.3) is 22.2 Å². The Hall–Kier alpha value is -3.09. The zero-order valence-electron chi connectivity index (χ0n) is 14.8. The molecule has 28 heavy (non-hydrogen) atoms. The first-order chi connectivity index (χ1) is 13.3. The molecule has 0 saturated carbocycles. The Balaban J connectivity index is 2.03. The Morgan fingerprint density at radius 3 is 2.46 bits per heavy atom. The summed E-state index contributed by atoms with van der Waals surface area (Å²) in [4.78, 5) is 4.65. The highest BCUT2D eigenvalue weighted by atomic mass is 19.4. The lowest BCUT2D eigenvalue weighted by Gasteiger charge is -2.29. The van der Waals surface area contributed by atoms with E-state index in [0.717, 1.165) is 11.8 Å². The Bertz CT molecular complexity index is 1080. The van der Waals surface area contributed by atoms with Crippen LogP contribution in [0, 0.1) is 11.3 Å². The van der Waals surface area contributed by atoms with Crippen LogP contribution in [-0.4, -0.2) is 22.5 Å². The van der Waals surface area contributed by atoms with Gasteiger partial charge < -0.3 is 16.2 Å². The molecule has 0 spiro atoms. The van der Waals surface area contributed by atoms with E-state index in [9.17, 15) is 18.3 Å². The number of nitrogens with one attached hydrogen (secondary N) is 1. The number of nitrogens with two attached hydrogens (primary N) is 1. The monoisotopic (exact) mass is 385 g/mol. The number of nitrogens with zero attached hydrogens (tertiary/aromatic N) is 1. The second kappa shape index (κ2) is 6.51. The second-order valence-electron chi connectivity index (χ2n) is 7.05. The Labute approximate surface area is 159 Å². The van der Waals surface area contributed by atoms with Crippen LogP contribution < -0.4 is 5.73 Å². The highest BCUT2D eigenvalue weighted by molar-refractivity contribution is 6.05. The van der Waals surface area contributed by atoms with Crippen molar-refractivity contribution in [1.29, 1.82) is 5.41 Å². The second-order valence-corrected chi connectivity index (χ2v) is 7.05. The number of aromatic nitrogens is 1. The van der Waals surface area contributed by atoms with E-state index in [-0.39, 0.29) is 25.0 Å². The van der Waals surface area contributed by atoms with Crippen LogP contribution in [0.1, 0.15) is 23.1 Å². The van der Waals surface area contributed by atoms with Crippen molar-refractivity contribution in [2.75, 3.05) is 5.73 Å². The van der Waals surface area contributed by atoms with Gasteiger partial charge in [-0.15, -0.1) is 0 Å². The molecule has 1 heterocycles. The molecule has 4 N–H and O–H groups in total. The average molecular weight is 385 g/mol. The number of halogens is 3. The predicted octanol–water partition coefficient (Wildman–Crippen LogP) is 4.85. The number of aryl methyl sites for hydroxylation is 1. The SMILES string of the molecule is N=Cc1c(N)ccc2nc(-c3ccc(O)cc3)c3c(c12)CCC(C(F)(F)F)C3. The van der Waals surface area contributed by atoms with Crippen LogP contribution in [0.3, 0.4) is 0 Å². The number of nitrogen functional groups attached to an aromatic ring is 1. The van der Waals surface area contributed by atoms with Gasteiger partial charge in [-0.05, 0) is 66.8 Å². The molecular formula is C21H18F3N3O. The smallest absolute Gasteiger partial charge is 0.392 e. The molecule has 0 aliphatic heterocycles. The number of phenolic OH excluding ortho intramolecular Hbond substituents is 1. The molecule has 0 fully saturated rings. The summed E-state index contributed by atoms with van der Waals surface area (Å²) in [6, 6.07) is 9.67. The van der Waals surface area contributed by atoms with Gasteiger partial charge in [-0.1, -0.05) is 0 Å². The summed E-state index contributed by atoms with van der Waals surface area (Å²) in [6.45, 7) is 0. The molecule has 1 aliphatic rings. The lowest BCUT2D eigenvalue weighted by atomic mass is 9.79. The van der Waals surface area contributed by atoms with Gasteiger partial charge in [0.2, 0.25) is 0 Å². The maximum absolute atomic E-state index is 13.4. The highest BCUT2D eigenvalue weighted by Gasteiger charge is 2.42. The lowest BCUT2D eigenvalue weighted by molar-refractivity contribution is -0.177. The maximum atomic E-state index is 13.4. The van der Waals surface area contributed by atoms with Gasteiger partial charge in [0.05, 0.1) is 17.1 Å². The molecule has 0 bridgehead atoms. The van der Waals surface area contributed by atoms with Gasteiger partial charge >= 0.3 is 6.18 Å². The van der Waals surface area contributed by atoms with E-state index in [1.54, 1.807) is 24.3 Å². The van der Waals surface area contributed by atoms with E-state index in [1.807, 2.05) is 0 Å². The minimum absolute atomic E-state index is 0.00310. The van der Waals surface area contributed by atoms with E-state index >= 15 is 0 Å². The standard InChI is InChI=1S/C21H18F3N3O/c22-21(23,24)12-3-6-14-15(9-12)20(11-1-4-13(28)5-2-11)27-18-8-7-17(26)16(10-25)19(14)18/h1-2,4-5,7-8,10,12,25,28H,3,6,9,26H2. The summed E-state index contributed by atoms with van der Waals surface area (Å²) in [7, 11) is 0. The number of pyridine rings is 1. The first-order valence-corrected chi connectivity index (χ1v) is 8.90. The molecule has 4 rings (SSSR count). The fourth-order valence-corrected chi connectivity index (χ4v) is 3.97. The summed E-state index contributed by atoms with van der Waals surface area (Å²) in [6.07, 6.45) is -3.07. The van der Waals surface area contributed by atoms with Gasteiger partial charge in [0, 0.05) is 28.4 Å². The van der Waals surface area contributed by atoms with Crippen LogP contribution in [0.2, 0.25) is 0 Å². The van der Waals surface area contributed by atoms with E-state index < -0.39 is 12.1 Å². The van der Waals surface area contributed by atoms with Crippen LogP contribution in [0.5, 0.6) is 5.75 Å². The van der Waals surface area contributed by atoms with Crippen LogP contribution in [0.15, 0.2) is 36.4 Å². The molecule has 1 aliphatic carbocycles. The van der Waals surface area contributed by atoms with E-state index in [0.29, 0.717) is 39.0 Å². The van der Waals surface area contributed by atoms with Crippen molar-refractivity contribution in [2.24, 2.45) is 5.92 Å². The topological polar surface area (TPSA) is 83.0 Å². The lowest BCUT2D eigenvalue weighted by Crippen LogP contribution is -2.29. The van der Waals surface area contributed by atoms with Gasteiger partial charge in [0.1, 0.15) is 5.75 Å². The maximum Gasteiger partial charge on any atom is 0.392 e. The number of anilines is 1. The number of hydrogen-bond donors (Lipinski definition) is 3. The summed E-state index contributed by atoms with van der Waals surface area (Å²) in [5, 5.41) is 17.9. The minimum Gasteiger partial charge on any atom is -0.508 e. The van der Waals surface area contributed by atoms with Crippen LogP contribution >= 0.6 is 0 Å². The zero-order chi connectivity index (χ0) is 20.1. The Kier molecular flexibility index (Phi) is 4.25. The summed E-state index contributed by atoms with van der Waals surface area (Å²) < 4.78 is 40.3. The molecule has 0 saturated heterocycles. The van der Waals surface area contributed by atoms with E-state index in [1.165, 1.54) is 12.1 Å². The first kappa shape index (κ1) is 18.3. The summed E-state index contributed by atoms with van der Waals surface area (Å²) in [5.41, 5.74) is 9.95. The van der Waals surface area contributed by atoms with E-state index in [4.69, 9.17) is 11.1 Å². The number of phenols is 1. The van der Waals surface area contributed by atoms with Gasteiger partial charge in [0.25, 0.3) is 0 Å². The molecule has 0 radical (unpaired) electrons. The predicted molar refractivity (Wildman–Crippen MR) is 103 cm³/mol. The normalized spacial score (nSPS) is 16.8. The number of alkyl halides is 3. The van der Waals surface area contributed by atoms with Crippen molar-refractivity contribution in [3.8, 4) is 17.0 Å². The minimum atomic E-state index is -4.28. The number of benzene rings is 2. The Morgan fingerprint density at radius 1 is 1.11 bits per heavy atom. The first-order valence-electron chi connectivity index (χ1n) is 8.90. The number of aromatic hydroxyl groups is 1. The fourth-order valence-electron chi connectivity index (χ4n) is 3.97. The molecule has 1 unspecified atom stereocenters. The number of hydrogen-bond acceptors (Lipinski definition) is 4.